The van der Waals surface area contributed by atoms with Gasteiger partial charge in [-0.15, -0.1) is 0 Å². The van der Waals surface area contributed by atoms with Crippen molar-refractivity contribution in [3.05, 3.63) is 0 Å². The summed E-state index contributed by atoms with van der Waals surface area (Å²) >= 11 is 0. The van der Waals surface area contributed by atoms with Gasteiger partial charge < -0.3 is 10.1 Å². The Labute approximate surface area is 87.4 Å². The van der Waals surface area contributed by atoms with Crippen molar-refractivity contribution < 1.29 is 4.74 Å². The topological polar surface area (TPSA) is 21.3 Å². The van der Waals surface area contributed by atoms with Gasteiger partial charge in [0.05, 0.1) is 6.10 Å². The zero-order chi connectivity index (χ0) is 10.4. The first kappa shape index (κ1) is 10.4. The minimum atomic E-state index is 0.199. The number of nitrogens with one attached hydrogen (secondary N) is 1. The molecule has 0 spiro atoms. The molecule has 3 unspecified atom stereocenters. The van der Waals surface area contributed by atoms with Gasteiger partial charge in [-0.3, -0.25) is 0 Å². The Bertz CT molecular complexity index is 224. The fraction of sp³-hybridized carbons (Fsp3) is 1.00. The molecule has 0 radical (unpaired) electrons. The molecule has 1 saturated carbocycles. The lowest BCUT2D eigenvalue weighted by atomic mass is 9.90. The zero-order valence-corrected chi connectivity index (χ0v) is 9.89. The van der Waals surface area contributed by atoms with Gasteiger partial charge in [0.2, 0.25) is 0 Å². The van der Waals surface area contributed by atoms with Crippen molar-refractivity contribution in [2.75, 3.05) is 6.61 Å². The summed E-state index contributed by atoms with van der Waals surface area (Å²) in [5.41, 5.74) is 0.760. The van der Waals surface area contributed by atoms with Crippen LogP contribution in [0.4, 0.5) is 0 Å². The van der Waals surface area contributed by atoms with E-state index in [1.54, 1.807) is 0 Å². The molecule has 2 rings (SSSR count). The molecule has 0 bridgehead atoms. The fourth-order valence-electron chi connectivity index (χ4n) is 2.32. The molecule has 14 heavy (non-hydrogen) atoms. The van der Waals surface area contributed by atoms with Crippen molar-refractivity contribution in [1.29, 1.82) is 0 Å². The summed E-state index contributed by atoms with van der Waals surface area (Å²) in [7, 11) is 0. The molecular formula is C12H23NO. The highest BCUT2D eigenvalue weighted by molar-refractivity contribution is 5.02. The monoisotopic (exact) mass is 197 g/mol. The smallest absolute Gasteiger partial charge is 0.0726 e. The second-order valence-electron chi connectivity index (χ2n) is 5.70. The number of hydrogen-bond donors (Lipinski definition) is 1. The SMILES string of the molecule is CC(NC1(C)CCOC1C)C1(C)CC1. The summed E-state index contributed by atoms with van der Waals surface area (Å²) in [4.78, 5) is 0. The predicted molar refractivity (Wildman–Crippen MR) is 58.4 cm³/mol. The van der Waals surface area contributed by atoms with Gasteiger partial charge in [0, 0.05) is 18.2 Å². The molecule has 1 saturated heterocycles. The van der Waals surface area contributed by atoms with Gasteiger partial charge in [0.25, 0.3) is 0 Å². The highest BCUT2D eigenvalue weighted by Crippen LogP contribution is 2.48. The van der Waals surface area contributed by atoms with E-state index in [1.165, 1.54) is 12.8 Å². The van der Waals surface area contributed by atoms with Gasteiger partial charge in [-0.1, -0.05) is 6.92 Å². The van der Waals surface area contributed by atoms with Crippen LogP contribution in [0.15, 0.2) is 0 Å². The zero-order valence-electron chi connectivity index (χ0n) is 9.89. The Morgan fingerprint density at radius 2 is 1.93 bits per heavy atom. The van der Waals surface area contributed by atoms with Crippen molar-refractivity contribution in [2.45, 2.75) is 64.6 Å². The molecule has 2 fully saturated rings. The summed E-state index contributed by atoms with van der Waals surface area (Å²) in [6, 6.07) is 0.622. The third-order valence-electron chi connectivity index (χ3n) is 4.52. The van der Waals surface area contributed by atoms with Crippen molar-refractivity contribution >= 4 is 0 Å². The van der Waals surface area contributed by atoms with Gasteiger partial charge in [-0.05, 0) is 45.4 Å². The molecule has 0 aromatic rings. The maximum absolute atomic E-state index is 5.64. The van der Waals surface area contributed by atoms with Crippen molar-refractivity contribution in [3.8, 4) is 0 Å². The molecule has 1 aliphatic heterocycles. The van der Waals surface area contributed by atoms with Crippen LogP contribution in [0.3, 0.4) is 0 Å². The summed E-state index contributed by atoms with van der Waals surface area (Å²) in [6.45, 7) is 10.1. The van der Waals surface area contributed by atoms with Crippen molar-refractivity contribution in [2.24, 2.45) is 5.41 Å². The lowest BCUT2D eigenvalue weighted by Crippen LogP contribution is -2.53. The molecule has 0 amide bonds. The van der Waals surface area contributed by atoms with Crippen LogP contribution < -0.4 is 5.32 Å². The van der Waals surface area contributed by atoms with E-state index in [0.717, 1.165) is 13.0 Å². The Morgan fingerprint density at radius 1 is 1.29 bits per heavy atom. The van der Waals surface area contributed by atoms with E-state index in [9.17, 15) is 0 Å². The van der Waals surface area contributed by atoms with Crippen LogP contribution in [-0.4, -0.2) is 24.3 Å². The fourth-order valence-corrected chi connectivity index (χ4v) is 2.32. The Balaban J connectivity index is 1.95. The maximum Gasteiger partial charge on any atom is 0.0726 e. The number of hydrogen-bond acceptors (Lipinski definition) is 2. The molecule has 1 aliphatic carbocycles. The molecule has 0 aromatic heterocycles. The van der Waals surface area contributed by atoms with Gasteiger partial charge in [-0.25, -0.2) is 0 Å². The highest BCUT2D eigenvalue weighted by Gasteiger charge is 2.46. The van der Waals surface area contributed by atoms with E-state index in [1.807, 2.05) is 0 Å². The number of ether oxygens (including phenoxy) is 1. The van der Waals surface area contributed by atoms with Gasteiger partial charge in [0.1, 0.15) is 0 Å². The second-order valence-corrected chi connectivity index (χ2v) is 5.70. The van der Waals surface area contributed by atoms with Gasteiger partial charge >= 0.3 is 0 Å². The van der Waals surface area contributed by atoms with Crippen LogP contribution in [-0.2, 0) is 4.74 Å². The molecule has 2 aliphatic rings. The lowest BCUT2D eigenvalue weighted by Gasteiger charge is -2.35. The van der Waals surface area contributed by atoms with Crippen LogP contribution in [0, 0.1) is 5.41 Å². The van der Waals surface area contributed by atoms with E-state index >= 15 is 0 Å². The van der Waals surface area contributed by atoms with E-state index in [2.05, 4.69) is 33.0 Å². The van der Waals surface area contributed by atoms with Crippen LogP contribution >= 0.6 is 0 Å². The van der Waals surface area contributed by atoms with Crippen LogP contribution in [0.2, 0.25) is 0 Å². The van der Waals surface area contributed by atoms with Gasteiger partial charge in [0.15, 0.2) is 0 Å². The minimum Gasteiger partial charge on any atom is -0.377 e. The third-order valence-corrected chi connectivity index (χ3v) is 4.52. The second kappa shape index (κ2) is 3.21. The van der Waals surface area contributed by atoms with Crippen LogP contribution in [0.1, 0.15) is 47.0 Å². The molecule has 1 N–H and O–H groups in total. The molecule has 82 valence electrons. The Kier molecular flexibility index (Phi) is 2.39. The first-order valence-corrected chi connectivity index (χ1v) is 5.86. The molecule has 0 aromatic carbocycles. The minimum absolute atomic E-state index is 0.199. The van der Waals surface area contributed by atoms with E-state index < -0.39 is 0 Å². The van der Waals surface area contributed by atoms with E-state index in [0.29, 0.717) is 17.6 Å². The average Bonchev–Trinajstić information content (AvgIpc) is 2.77. The summed E-state index contributed by atoms with van der Waals surface area (Å²) in [6.07, 6.45) is 4.26. The summed E-state index contributed by atoms with van der Waals surface area (Å²) in [5.74, 6) is 0. The predicted octanol–water partition coefficient (Wildman–Crippen LogP) is 2.33. The van der Waals surface area contributed by atoms with Gasteiger partial charge in [-0.2, -0.15) is 0 Å². The highest BCUT2D eigenvalue weighted by atomic mass is 16.5. The molecule has 2 nitrogen and oxygen atoms in total. The first-order valence-electron chi connectivity index (χ1n) is 5.86. The number of rotatable bonds is 3. The molecular weight excluding hydrogens is 174 g/mol. The van der Waals surface area contributed by atoms with E-state index in [4.69, 9.17) is 4.74 Å². The summed E-state index contributed by atoms with van der Waals surface area (Å²) in [5, 5.41) is 3.78. The van der Waals surface area contributed by atoms with Crippen molar-refractivity contribution in [1.82, 2.24) is 5.32 Å². The molecule has 1 heterocycles. The first-order chi connectivity index (χ1) is 6.46. The summed E-state index contributed by atoms with van der Waals surface area (Å²) < 4.78 is 5.64. The molecule has 2 heteroatoms. The average molecular weight is 197 g/mol. The standard InChI is InChI=1S/C12H23NO/c1-9(11(3)5-6-11)13-12(4)7-8-14-10(12)2/h9-10,13H,5-8H2,1-4H3. The normalized spacial score (nSPS) is 42.4. The van der Waals surface area contributed by atoms with E-state index in [-0.39, 0.29) is 5.54 Å². The Hall–Kier alpha value is -0.0800. The molecule has 3 atom stereocenters. The maximum atomic E-state index is 5.64. The Morgan fingerprint density at radius 3 is 2.36 bits per heavy atom. The largest absolute Gasteiger partial charge is 0.377 e. The van der Waals surface area contributed by atoms with Crippen LogP contribution in [0.25, 0.3) is 0 Å². The van der Waals surface area contributed by atoms with Crippen LogP contribution in [0.5, 0.6) is 0 Å². The van der Waals surface area contributed by atoms with Crippen molar-refractivity contribution in [3.63, 3.8) is 0 Å². The third kappa shape index (κ3) is 1.70. The quantitative estimate of drug-likeness (QED) is 0.750. The lowest BCUT2D eigenvalue weighted by molar-refractivity contribution is 0.0808.